The highest BCUT2D eigenvalue weighted by Gasteiger charge is 2.18. The predicted octanol–water partition coefficient (Wildman–Crippen LogP) is 7.23. The van der Waals surface area contributed by atoms with Gasteiger partial charge in [0.05, 0.1) is 11.6 Å². The number of rotatable bonds is 5. The van der Waals surface area contributed by atoms with Crippen molar-refractivity contribution in [1.82, 2.24) is 0 Å². The lowest BCUT2D eigenvalue weighted by Crippen LogP contribution is -2.00. The third-order valence-corrected chi connectivity index (χ3v) is 6.22. The van der Waals surface area contributed by atoms with Crippen molar-refractivity contribution in [3.63, 3.8) is 0 Å². The Labute approximate surface area is 170 Å². The van der Waals surface area contributed by atoms with E-state index in [4.69, 9.17) is 14.2 Å². The summed E-state index contributed by atoms with van der Waals surface area (Å²) in [4.78, 5) is 0. The Morgan fingerprint density at radius 3 is 2.14 bits per heavy atom. The van der Waals surface area contributed by atoms with Gasteiger partial charge in [-0.15, -0.1) is 0 Å². The summed E-state index contributed by atoms with van der Waals surface area (Å²) in [6, 6.07) is 9.20. The Bertz CT molecular complexity index is 676. The fourth-order valence-electron chi connectivity index (χ4n) is 1.64. The summed E-state index contributed by atoms with van der Waals surface area (Å²) in [5.41, 5.74) is 0. The fraction of sp³-hybridized carbons (Fsp3) is 0.143. The molecule has 2 aromatic rings. The van der Waals surface area contributed by atoms with E-state index in [1.807, 2.05) is 30.3 Å². The standard InChI is InChI=1S/C14H9Br5O3/c1-20-10-6-7(15)11(16)12(17)13(10)21-8-4-2-3-5-9(8)22-14(18)19/h2-6,14H,1H3. The molecule has 8 heteroatoms. The molecule has 0 unspecified atom stereocenters. The number of ether oxygens (including phenoxy) is 3. The zero-order chi connectivity index (χ0) is 16.3. The predicted molar refractivity (Wildman–Crippen MR) is 105 cm³/mol. The number of benzene rings is 2. The topological polar surface area (TPSA) is 27.7 Å². The van der Waals surface area contributed by atoms with Crippen LogP contribution in [-0.2, 0) is 0 Å². The first-order chi connectivity index (χ1) is 10.4. The van der Waals surface area contributed by atoms with Crippen molar-refractivity contribution in [3.05, 3.63) is 43.7 Å². The summed E-state index contributed by atoms with van der Waals surface area (Å²) in [6.07, 6.45) is 0. The van der Waals surface area contributed by atoms with Crippen LogP contribution >= 0.6 is 79.6 Å². The van der Waals surface area contributed by atoms with E-state index in [1.54, 1.807) is 7.11 Å². The molecule has 0 aliphatic heterocycles. The second-order valence-electron chi connectivity index (χ2n) is 3.95. The lowest BCUT2D eigenvalue weighted by molar-refractivity contribution is 0.339. The first kappa shape index (κ1) is 18.6. The van der Waals surface area contributed by atoms with E-state index >= 15 is 0 Å². The highest BCUT2D eigenvalue weighted by molar-refractivity contribution is 9.24. The van der Waals surface area contributed by atoms with E-state index < -0.39 is 0 Å². The van der Waals surface area contributed by atoms with Gasteiger partial charge in [0, 0.05) is 8.95 Å². The van der Waals surface area contributed by atoms with E-state index in [-0.39, 0.29) is 3.92 Å². The second-order valence-corrected chi connectivity index (χ2v) is 9.28. The minimum atomic E-state index is -0.313. The van der Waals surface area contributed by atoms with Crippen molar-refractivity contribution < 1.29 is 14.2 Å². The van der Waals surface area contributed by atoms with Gasteiger partial charge in [-0.1, -0.05) is 12.1 Å². The molecule has 118 valence electrons. The van der Waals surface area contributed by atoms with Crippen molar-refractivity contribution in [2.75, 3.05) is 7.11 Å². The molecule has 2 rings (SSSR count). The SMILES string of the molecule is COc1cc(Br)c(Br)c(Br)c1Oc1ccccc1OC(Br)Br. The van der Waals surface area contributed by atoms with Crippen molar-refractivity contribution >= 4 is 79.6 Å². The minimum absolute atomic E-state index is 0.313. The number of hydrogen-bond acceptors (Lipinski definition) is 3. The first-order valence-electron chi connectivity index (χ1n) is 5.87. The normalized spacial score (nSPS) is 10.7. The van der Waals surface area contributed by atoms with Gasteiger partial charge in [-0.25, -0.2) is 0 Å². The maximum atomic E-state index is 6.01. The van der Waals surface area contributed by atoms with Gasteiger partial charge in [0.15, 0.2) is 23.0 Å². The number of alkyl halides is 2. The molecule has 0 radical (unpaired) electrons. The zero-order valence-electron chi connectivity index (χ0n) is 11.1. The lowest BCUT2D eigenvalue weighted by Gasteiger charge is -2.17. The smallest absolute Gasteiger partial charge is 0.207 e. The molecule has 0 fully saturated rings. The summed E-state index contributed by atoms with van der Waals surface area (Å²) in [6.45, 7) is 0. The highest BCUT2D eigenvalue weighted by atomic mass is 79.9. The molecular weight excluding hydrogens is 616 g/mol. The number of para-hydroxylation sites is 2. The first-order valence-corrected chi connectivity index (χ1v) is 10.1. The summed E-state index contributed by atoms with van der Waals surface area (Å²) < 4.78 is 19.1. The van der Waals surface area contributed by atoms with Crippen molar-refractivity contribution in [1.29, 1.82) is 0 Å². The molecule has 0 bridgehead atoms. The molecule has 0 aliphatic carbocycles. The van der Waals surface area contributed by atoms with Gasteiger partial charge in [-0.3, -0.25) is 0 Å². The van der Waals surface area contributed by atoms with Crippen LogP contribution in [-0.4, -0.2) is 11.0 Å². The van der Waals surface area contributed by atoms with Gasteiger partial charge in [-0.2, -0.15) is 0 Å². The van der Waals surface area contributed by atoms with Gasteiger partial charge < -0.3 is 14.2 Å². The molecule has 3 nitrogen and oxygen atoms in total. The molecule has 0 aliphatic rings. The second kappa shape index (κ2) is 8.37. The third-order valence-electron chi connectivity index (χ3n) is 2.58. The fourth-order valence-corrected chi connectivity index (χ4v) is 3.50. The Morgan fingerprint density at radius 2 is 1.55 bits per heavy atom. The van der Waals surface area contributed by atoms with Crippen LogP contribution in [0.5, 0.6) is 23.0 Å². The lowest BCUT2D eigenvalue weighted by atomic mass is 10.3. The van der Waals surface area contributed by atoms with Crippen molar-refractivity contribution in [3.8, 4) is 23.0 Å². The van der Waals surface area contributed by atoms with Gasteiger partial charge >= 0.3 is 0 Å². The molecule has 0 amide bonds. The maximum absolute atomic E-state index is 6.01. The van der Waals surface area contributed by atoms with E-state index in [2.05, 4.69) is 79.6 Å². The maximum Gasteiger partial charge on any atom is 0.207 e. The van der Waals surface area contributed by atoms with Gasteiger partial charge in [0.1, 0.15) is 0 Å². The van der Waals surface area contributed by atoms with Crippen LogP contribution in [0.15, 0.2) is 43.7 Å². The average Bonchev–Trinajstić information content (AvgIpc) is 2.48. The molecule has 0 saturated carbocycles. The molecular formula is C14H9Br5O3. The zero-order valence-corrected chi connectivity index (χ0v) is 19.0. The molecule has 2 aromatic carbocycles. The summed E-state index contributed by atoms with van der Waals surface area (Å²) in [5, 5.41) is 0. The Hall–Kier alpha value is 0.240. The number of halogens is 5. The third kappa shape index (κ3) is 4.41. The average molecular weight is 625 g/mol. The van der Waals surface area contributed by atoms with Crippen molar-refractivity contribution in [2.45, 2.75) is 3.92 Å². The summed E-state index contributed by atoms with van der Waals surface area (Å²) in [7, 11) is 1.59. The quantitative estimate of drug-likeness (QED) is 0.260. The summed E-state index contributed by atoms with van der Waals surface area (Å²) >= 11 is 17.0. The van der Waals surface area contributed by atoms with Crippen LogP contribution in [0.25, 0.3) is 0 Å². The summed E-state index contributed by atoms with van der Waals surface area (Å²) in [5.74, 6) is 2.30. The van der Waals surface area contributed by atoms with Crippen LogP contribution in [0.2, 0.25) is 0 Å². The van der Waals surface area contributed by atoms with Crippen LogP contribution in [0.3, 0.4) is 0 Å². The van der Waals surface area contributed by atoms with E-state index in [9.17, 15) is 0 Å². The molecule has 0 saturated heterocycles. The van der Waals surface area contributed by atoms with E-state index in [0.717, 1.165) is 13.4 Å². The minimum Gasteiger partial charge on any atom is -0.493 e. The molecule has 0 heterocycles. The molecule has 0 spiro atoms. The number of methoxy groups -OCH3 is 1. The van der Waals surface area contributed by atoms with Crippen LogP contribution in [0.1, 0.15) is 0 Å². The van der Waals surface area contributed by atoms with Gasteiger partial charge in [-0.05, 0) is 97.8 Å². The van der Waals surface area contributed by atoms with Gasteiger partial charge in [0.25, 0.3) is 0 Å². The Kier molecular flexibility index (Phi) is 7.07. The van der Waals surface area contributed by atoms with Crippen LogP contribution in [0.4, 0.5) is 0 Å². The van der Waals surface area contributed by atoms with E-state index in [0.29, 0.717) is 23.0 Å². The highest BCUT2D eigenvalue weighted by Crippen LogP contribution is 2.47. The Balaban J connectivity index is 2.45. The molecule has 0 aromatic heterocycles. The Morgan fingerprint density at radius 1 is 0.909 bits per heavy atom. The number of hydrogen-bond donors (Lipinski definition) is 0. The van der Waals surface area contributed by atoms with Crippen LogP contribution in [0, 0.1) is 0 Å². The largest absolute Gasteiger partial charge is 0.493 e. The van der Waals surface area contributed by atoms with Gasteiger partial charge in [0.2, 0.25) is 3.92 Å². The monoisotopic (exact) mass is 620 g/mol. The van der Waals surface area contributed by atoms with Crippen molar-refractivity contribution in [2.24, 2.45) is 0 Å². The molecule has 22 heavy (non-hydrogen) atoms. The van der Waals surface area contributed by atoms with Crippen LogP contribution < -0.4 is 14.2 Å². The molecule has 0 N–H and O–H groups in total. The van der Waals surface area contributed by atoms with E-state index in [1.165, 1.54) is 0 Å². The molecule has 0 atom stereocenters.